The van der Waals surface area contributed by atoms with E-state index in [0.717, 1.165) is 29.8 Å². The molecule has 250 valence electrons. The Morgan fingerprint density at radius 1 is 0.673 bits per heavy atom. The molecule has 6 aromatic carbocycles. The van der Waals surface area contributed by atoms with E-state index >= 15 is 0 Å². The number of nitrogens with zero attached hydrogens (tertiary/aromatic N) is 2. The molecule has 2 nitrogen and oxygen atoms in total. The number of allylic oxidation sites excluding steroid dienone is 6. The number of aliphatic imine (C=N–C) groups is 1. The van der Waals surface area contributed by atoms with Crippen molar-refractivity contribution in [3.63, 3.8) is 0 Å². The molecule has 52 heavy (non-hydrogen) atoms. The normalized spacial score (nSPS) is 22.0. The van der Waals surface area contributed by atoms with E-state index in [0.29, 0.717) is 11.8 Å². The number of fused-ring (bicyclic) bond motifs is 5. The van der Waals surface area contributed by atoms with Crippen LogP contribution in [0.5, 0.6) is 0 Å². The molecule has 7 aromatic rings. The van der Waals surface area contributed by atoms with Gasteiger partial charge in [0.15, 0.2) is 0 Å². The largest absolute Gasteiger partial charge is 0.260 e. The van der Waals surface area contributed by atoms with Crippen molar-refractivity contribution in [2.75, 3.05) is 0 Å². The molecule has 4 atom stereocenters. The molecule has 0 saturated carbocycles. The minimum atomic E-state index is 0.100. The third-order valence-electron chi connectivity index (χ3n) is 12.1. The van der Waals surface area contributed by atoms with Crippen LogP contribution in [0.2, 0.25) is 0 Å². The molecule has 0 fully saturated rings. The van der Waals surface area contributed by atoms with Crippen molar-refractivity contribution in [2.24, 2.45) is 10.4 Å². The van der Waals surface area contributed by atoms with Gasteiger partial charge in [-0.05, 0) is 109 Å². The van der Waals surface area contributed by atoms with Crippen LogP contribution in [0.4, 0.5) is 5.69 Å². The minimum absolute atomic E-state index is 0.100. The first kappa shape index (κ1) is 30.9. The van der Waals surface area contributed by atoms with E-state index < -0.39 is 0 Å². The van der Waals surface area contributed by atoms with Gasteiger partial charge in [-0.1, -0.05) is 141 Å². The lowest BCUT2D eigenvalue weighted by atomic mass is 9.67. The smallest absolute Gasteiger partial charge is 0.0661 e. The van der Waals surface area contributed by atoms with E-state index in [1.165, 1.54) is 65.7 Å². The Labute approximate surface area is 305 Å². The molecule has 0 bridgehead atoms. The summed E-state index contributed by atoms with van der Waals surface area (Å²) in [5.74, 6) is 0.776. The maximum Gasteiger partial charge on any atom is 0.0661 e. The average Bonchev–Trinajstić information content (AvgIpc) is 3.19. The van der Waals surface area contributed by atoms with Crippen LogP contribution in [-0.2, 0) is 0 Å². The van der Waals surface area contributed by atoms with Crippen molar-refractivity contribution >= 4 is 44.2 Å². The predicted molar refractivity (Wildman–Crippen MR) is 220 cm³/mol. The first-order chi connectivity index (χ1) is 25.5. The zero-order valence-electron chi connectivity index (χ0n) is 29.6. The Bertz CT molecular complexity index is 2670. The minimum Gasteiger partial charge on any atom is -0.260 e. The molecule has 10 rings (SSSR count). The standard InChI is InChI=1S/C50H40N2/c1-32-40-14-7-8-17-46(40)52-31-45(32)47-23-21-38(30-51-47)35-20-22-43-44(29-35)49(37-24-26-50(2)25-10-9-13-39(50)28-37)42-16-6-5-15-41(42)48(43)36-19-18-33-11-3-4-12-34(33)27-36/h3-23,25,27-32,37,45H,24,26H2,1-2H3. The second-order valence-corrected chi connectivity index (χ2v) is 15.2. The van der Waals surface area contributed by atoms with Gasteiger partial charge in [-0.2, -0.15) is 0 Å². The molecule has 0 saturated heterocycles. The van der Waals surface area contributed by atoms with Crippen LogP contribution in [0, 0.1) is 5.41 Å². The third-order valence-corrected chi connectivity index (χ3v) is 12.1. The molecule has 2 heteroatoms. The third kappa shape index (κ3) is 5.00. The van der Waals surface area contributed by atoms with Crippen LogP contribution in [0.15, 0.2) is 168 Å². The van der Waals surface area contributed by atoms with Crippen LogP contribution >= 0.6 is 0 Å². The Hall–Kier alpha value is -5.86. The van der Waals surface area contributed by atoms with Gasteiger partial charge in [-0.3, -0.25) is 9.98 Å². The average molecular weight is 669 g/mol. The molecule has 0 amide bonds. The Morgan fingerprint density at radius 3 is 2.33 bits per heavy atom. The van der Waals surface area contributed by atoms with Crippen LogP contribution in [0.3, 0.4) is 0 Å². The lowest BCUT2D eigenvalue weighted by Gasteiger charge is -2.37. The highest BCUT2D eigenvalue weighted by atomic mass is 14.8. The molecule has 2 heterocycles. The zero-order chi connectivity index (χ0) is 34.8. The summed E-state index contributed by atoms with van der Waals surface area (Å²) in [5.41, 5.74) is 11.3. The number of aromatic nitrogens is 1. The molecule has 0 N–H and O–H groups in total. The van der Waals surface area contributed by atoms with Gasteiger partial charge in [0.25, 0.3) is 0 Å². The van der Waals surface area contributed by atoms with Crippen molar-refractivity contribution < 1.29 is 0 Å². The fraction of sp³-hybridized carbons (Fsp3) is 0.160. The van der Waals surface area contributed by atoms with E-state index in [-0.39, 0.29) is 11.3 Å². The number of hydrogen-bond acceptors (Lipinski definition) is 2. The summed E-state index contributed by atoms with van der Waals surface area (Å²) in [5, 5.41) is 7.81. The van der Waals surface area contributed by atoms with Crippen LogP contribution in [0.25, 0.3) is 54.6 Å². The topological polar surface area (TPSA) is 25.2 Å². The van der Waals surface area contributed by atoms with Crippen LogP contribution in [0.1, 0.15) is 61.3 Å². The van der Waals surface area contributed by atoms with Gasteiger partial charge >= 0.3 is 0 Å². The van der Waals surface area contributed by atoms with Crippen molar-refractivity contribution in [1.82, 2.24) is 4.98 Å². The highest BCUT2D eigenvalue weighted by Crippen LogP contribution is 2.50. The van der Waals surface area contributed by atoms with Crippen LogP contribution < -0.4 is 0 Å². The van der Waals surface area contributed by atoms with Gasteiger partial charge in [-0.15, -0.1) is 0 Å². The van der Waals surface area contributed by atoms with Gasteiger partial charge in [0.05, 0.1) is 5.69 Å². The quantitative estimate of drug-likeness (QED) is 0.171. The molecule has 0 spiro atoms. The SMILES string of the molecule is CC1c2ccccc2N=CC1c1ccc(-c2ccc3c(-c4ccc5ccccc5c4)c4ccccc4c(C4C=C5C=CC=CC5(C)CC4)c3c2)cn1. The van der Waals surface area contributed by atoms with Crippen molar-refractivity contribution in [3.05, 3.63) is 180 Å². The lowest BCUT2D eigenvalue weighted by molar-refractivity contribution is 0.418. The van der Waals surface area contributed by atoms with E-state index in [1.807, 2.05) is 0 Å². The number of pyridine rings is 1. The number of benzene rings is 6. The first-order valence-corrected chi connectivity index (χ1v) is 18.7. The van der Waals surface area contributed by atoms with Gasteiger partial charge < -0.3 is 0 Å². The molecule has 1 aliphatic heterocycles. The Morgan fingerprint density at radius 2 is 1.44 bits per heavy atom. The summed E-state index contributed by atoms with van der Waals surface area (Å²) in [7, 11) is 0. The summed E-state index contributed by atoms with van der Waals surface area (Å²) in [6.45, 7) is 4.68. The number of rotatable bonds is 4. The molecule has 0 radical (unpaired) electrons. The van der Waals surface area contributed by atoms with Crippen molar-refractivity contribution in [3.8, 4) is 22.3 Å². The monoisotopic (exact) mass is 668 g/mol. The van der Waals surface area contributed by atoms with Crippen molar-refractivity contribution in [2.45, 2.75) is 44.4 Å². The van der Waals surface area contributed by atoms with Crippen molar-refractivity contribution in [1.29, 1.82) is 0 Å². The van der Waals surface area contributed by atoms with Gasteiger partial charge in [-0.25, -0.2) is 0 Å². The molecular formula is C50H40N2. The molecular weight excluding hydrogens is 629 g/mol. The first-order valence-electron chi connectivity index (χ1n) is 18.7. The molecule has 3 aliphatic rings. The Balaban J connectivity index is 1.15. The summed E-state index contributed by atoms with van der Waals surface area (Å²) < 4.78 is 0. The summed E-state index contributed by atoms with van der Waals surface area (Å²) in [6.07, 6.45) is 18.1. The zero-order valence-corrected chi connectivity index (χ0v) is 29.6. The highest BCUT2D eigenvalue weighted by Gasteiger charge is 2.33. The second-order valence-electron chi connectivity index (χ2n) is 15.2. The number of para-hydroxylation sites is 1. The summed E-state index contributed by atoms with van der Waals surface area (Å²) in [4.78, 5) is 9.87. The lowest BCUT2D eigenvalue weighted by Crippen LogP contribution is -2.23. The maximum atomic E-state index is 5.08. The second kappa shape index (κ2) is 12.1. The fourth-order valence-corrected chi connectivity index (χ4v) is 9.20. The Kier molecular flexibility index (Phi) is 7.21. The van der Waals surface area contributed by atoms with E-state index in [4.69, 9.17) is 9.98 Å². The van der Waals surface area contributed by atoms with E-state index in [1.54, 1.807) is 0 Å². The van der Waals surface area contributed by atoms with E-state index in [9.17, 15) is 0 Å². The van der Waals surface area contributed by atoms with E-state index in [2.05, 4.69) is 178 Å². The summed E-state index contributed by atoms with van der Waals surface area (Å²) in [6, 6.07) is 44.8. The molecule has 4 unspecified atom stereocenters. The molecule has 2 aliphatic carbocycles. The highest BCUT2D eigenvalue weighted by molar-refractivity contribution is 6.16. The van der Waals surface area contributed by atoms with Gasteiger partial charge in [0, 0.05) is 40.9 Å². The van der Waals surface area contributed by atoms with Crippen LogP contribution in [-0.4, -0.2) is 11.2 Å². The van der Waals surface area contributed by atoms with Gasteiger partial charge in [0.1, 0.15) is 0 Å². The van der Waals surface area contributed by atoms with Gasteiger partial charge in [0.2, 0.25) is 0 Å². The maximum absolute atomic E-state index is 5.08. The summed E-state index contributed by atoms with van der Waals surface area (Å²) >= 11 is 0. The predicted octanol–water partition coefficient (Wildman–Crippen LogP) is 13.4. The molecule has 1 aromatic heterocycles. The number of hydrogen-bond donors (Lipinski definition) is 0. The fourth-order valence-electron chi connectivity index (χ4n) is 9.20.